The van der Waals surface area contributed by atoms with E-state index in [9.17, 15) is 10.2 Å². The first-order valence-corrected chi connectivity index (χ1v) is 6.70. The molecule has 2 aromatic rings. The highest BCUT2D eigenvalue weighted by Gasteiger charge is 2.15. The Morgan fingerprint density at radius 1 is 1.29 bits per heavy atom. The van der Waals surface area contributed by atoms with Crippen molar-refractivity contribution in [1.29, 1.82) is 0 Å². The van der Waals surface area contributed by atoms with Crippen molar-refractivity contribution in [2.24, 2.45) is 0 Å². The van der Waals surface area contributed by atoms with E-state index in [-0.39, 0.29) is 11.5 Å². The number of rotatable bonds is 2. The topological polar surface area (TPSA) is 44.3 Å². The van der Waals surface area contributed by atoms with E-state index in [4.69, 9.17) is 0 Å². The normalized spacial score (nSPS) is 11.3. The Labute approximate surface area is 105 Å². The van der Waals surface area contributed by atoms with Gasteiger partial charge in [-0.2, -0.15) is 0 Å². The molecule has 0 radical (unpaired) electrons. The Morgan fingerprint density at radius 2 is 2.00 bits per heavy atom. The number of hydrogen-bond acceptors (Lipinski definition) is 3. The fourth-order valence-electron chi connectivity index (χ4n) is 1.83. The van der Waals surface area contributed by atoms with Crippen LogP contribution in [-0.2, 0) is 0 Å². The molecule has 90 valence electrons. The third-order valence-electron chi connectivity index (χ3n) is 2.81. The molecule has 1 heterocycles. The van der Waals surface area contributed by atoms with Crippen LogP contribution in [0.1, 0.15) is 19.9 Å². The van der Waals surface area contributed by atoms with Gasteiger partial charge in [-0.3, -0.25) is 0 Å². The Kier molecular flexibility index (Phi) is 3.15. The zero-order valence-corrected chi connectivity index (χ0v) is 11.0. The molecule has 0 aliphatic carbocycles. The number of benzene rings is 1. The van der Waals surface area contributed by atoms with E-state index in [1.54, 1.807) is 6.07 Å². The third-order valence-corrected chi connectivity index (χ3v) is 3.63. The summed E-state index contributed by atoms with van der Waals surface area (Å²) in [7, 11) is 0. The fourth-order valence-corrected chi connectivity index (χ4v) is 2.51. The highest BCUT2D eigenvalue weighted by Crippen LogP contribution is 2.40. The lowest BCUT2D eigenvalue weighted by Crippen LogP contribution is -2.34. The van der Waals surface area contributed by atoms with Crippen molar-refractivity contribution >= 4 is 22.5 Å². The number of thioether (sulfide) groups is 1. The van der Waals surface area contributed by atoms with Crippen LogP contribution < -0.4 is 4.57 Å². The molecule has 1 aromatic heterocycles. The molecule has 2 rings (SSSR count). The van der Waals surface area contributed by atoms with Gasteiger partial charge in [-0.05, 0) is 31.6 Å². The van der Waals surface area contributed by atoms with Crippen molar-refractivity contribution in [2.75, 3.05) is 6.26 Å². The van der Waals surface area contributed by atoms with Gasteiger partial charge in [0.05, 0.1) is 10.3 Å². The summed E-state index contributed by atoms with van der Waals surface area (Å²) in [5.74, 6) is -0.101. The summed E-state index contributed by atoms with van der Waals surface area (Å²) in [5, 5.41) is 21.4. The maximum absolute atomic E-state index is 9.84. The monoisotopic (exact) mass is 250 g/mol. The van der Waals surface area contributed by atoms with Crippen LogP contribution in [0.2, 0.25) is 0 Å². The smallest absolute Gasteiger partial charge is 0.178 e. The number of pyridine rings is 1. The molecule has 17 heavy (non-hydrogen) atoms. The third kappa shape index (κ3) is 2.05. The molecule has 0 atom stereocenters. The van der Waals surface area contributed by atoms with E-state index < -0.39 is 0 Å². The van der Waals surface area contributed by atoms with Crippen LogP contribution in [-0.4, -0.2) is 16.5 Å². The molecule has 0 amide bonds. The summed E-state index contributed by atoms with van der Waals surface area (Å²) in [4.78, 5) is 0.718. The average molecular weight is 250 g/mol. The van der Waals surface area contributed by atoms with Gasteiger partial charge in [0.1, 0.15) is 0 Å². The summed E-state index contributed by atoms with van der Waals surface area (Å²) in [6.45, 7) is 4.20. The molecule has 0 aliphatic rings. The Hall–Kier alpha value is -1.42. The summed E-state index contributed by atoms with van der Waals surface area (Å²) in [6, 6.07) is 3.91. The van der Waals surface area contributed by atoms with Crippen molar-refractivity contribution in [1.82, 2.24) is 0 Å². The van der Waals surface area contributed by atoms with Crippen molar-refractivity contribution < 1.29 is 14.8 Å². The van der Waals surface area contributed by atoms with Crippen molar-refractivity contribution in [3.8, 4) is 11.5 Å². The number of phenolic OH excluding ortho intramolecular Hbond substituents is 2. The zero-order valence-electron chi connectivity index (χ0n) is 10.1. The lowest BCUT2D eigenvalue weighted by Gasteiger charge is -2.08. The average Bonchev–Trinajstić information content (AvgIpc) is 2.30. The van der Waals surface area contributed by atoms with Crippen molar-refractivity contribution in [3.63, 3.8) is 0 Å². The highest BCUT2D eigenvalue weighted by atomic mass is 32.2. The lowest BCUT2D eigenvalue weighted by molar-refractivity contribution is -0.715. The van der Waals surface area contributed by atoms with E-state index in [0.29, 0.717) is 6.04 Å². The van der Waals surface area contributed by atoms with Gasteiger partial charge in [-0.15, -0.1) is 11.8 Å². The molecular formula is C13H16NO2S+. The predicted molar refractivity (Wildman–Crippen MR) is 69.6 cm³/mol. The molecular weight excluding hydrogens is 234 g/mol. The minimum absolute atomic E-state index is 0.0356. The minimum Gasteiger partial charge on any atom is -0.504 e. The molecule has 3 nitrogen and oxygen atoms in total. The maximum Gasteiger partial charge on any atom is 0.178 e. The van der Waals surface area contributed by atoms with Crippen LogP contribution >= 0.6 is 11.8 Å². The SMILES string of the molecule is CSc1c(O)c(O)cc2cc[n+](C(C)C)cc12. The van der Waals surface area contributed by atoms with Gasteiger partial charge in [-0.1, -0.05) is 0 Å². The van der Waals surface area contributed by atoms with Gasteiger partial charge in [0.2, 0.25) is 0 Å². The van der Waals surface area contributed by atoms with E-state index in [2.05, 4.69) is 18.4 Å². The summed E-state index contributed by atoms with van der Waals surface area (Å²) in [5.41, 5.74) is 0. The van der Waals surface area contributed by atoms with E-state index in [0.717, 1.165) is 15.7 Å². The highest BCUT2D eigenvalue weighted by molar-refractivity contribution is 7.99. The summed E-state index contributed by atoms with van der Waals surface area (Å²) < 4.78 is 2.08. The quantitative estimate of drug-likeness (QED) is 0.489. The van der Waals surface area contributed by atoms with Gasteiger partial charge < -0.3 is 10.2 Å². The molecule has 0 unspecified atom stereocenters. The van der Waals surface area contributed by atoms with Gasteiger partial charge in [0, 0.05) is 6.07 Å². The molecule has 0 spiro atoms. The Morgan fingerprint density at radius 3 is 2.59 bits per heavy atom. The lowest BCUT2D eigenvalue weighted by atomic mass is 10.1. The van der Waals surface area contributed by atoms with E-state index in [1.807, 2.05) is 24.7 Å². The second-order valence-electron chi connectivity index (χ2n) is 4.27. The predicted octanol–water partition coefficient (Wildman–Crippen LogP) is 2.84. The molecule has 0 bridgehead atoms. The number of hydrogen-bond donors (Lipinski definition) is 2. The number of aromatic nitrogens is 1. The number of phenols is 2. The standard InChI is InChI=1S/C13H15NO2S/c1-8(2)14-5-4-9-6-11(15)12(16)13(17-3)10(9)7-14/h4-8,16H,1-3H3/p+1. The molecule has 0 saturated heterocycles. The van der Waals surface area contributed by atoms with Crippen LogP contribution in [0.4, 0.5) is 0 Å². The van der Waals surface area contributed by atoms with Gasteiger partial charge in [0.25, 0.3) is 0 Å². The maximum atomic E-state index is 9.84. The zero-order chi connectivity index (χ0) is 12.6. The number of aromatic hydroxyl groups is 2. The fraction of sp³-hybridized carbons (Fsp3) is 0.308. The second-order valence-corrected chi connectivity index (χ2v) is 5.08. The van der Waals surface area contributed by atoms with Gasteiger partial charge >= 0.3 is 0 Å². The van der Waals surface area contributed by atoms with Crippen LogP contribution in [0.5, 0.6) is 11.5 Å². The summed E-state index contributed by atoms with van der Waals surface area (Å²) >= 11 is 1.44. The van der Waals surface area contributed by atoms with Gasteiger partial charge in [0.15, 0.2) is 29.9 Å². The number of fused-ring (bicyclic) bond motifs is 1. The first kappa shape index (κ1) is 12.0. The van der Waals surface area contributed by atoms with Crippen LogP contribution in [0.25, 0.3) is 10.8 Å². The van der Waals surface area contributed by atoms with E-state index >= 15 is 0 Å². The van der Waals surface area contributed by atoms with Crippen molar-refractivity contribution in [2.45, 2.75) is 24.8 Å². The number of nitrogens with zero attached hydrogens (tertiary/aromatic N) is 1. The summed E-state index contributed by atoms with van der Waals surface area (Å²) in [6.07, 6.45) is 5.87. The largest absolute Gasteiger partial charge is 0.504 e. The molecule has 0 aliphatic heterocycles. The molecule has 1 aromatic carbocycles. The molecule has 0 fully saturated rings. The first-order chi connectivity index (χ1) is 8.04. The van der Waals surface area contributed by atoms with E-state index in [1.165, 1.54) is 11.8 Å². The molecule has 2 N–H and O–H groups in total. The van der Waals surface area contributed by atoms with Crippen LogP contribution in [0.15, 0.2) is 29.4 Å². The van der Waals surface area contributed by atoms with Crippen LogP contribution in [0, 0.1) is 0 Å². The second kappa shape index (κ2) is 4.45. The molecule has 0 saturated carbocycles. The Balaban J connectivity index is 2.79. The van der Waals surface area contributed by atoms with Crippen LogP contribution in [0.3, 0.4) is 0 Å². The van der Waals surface area contributed by atoms with Crippen molar-refractivity contribution in [3.05, 3.63) is 24.5 Å². The van der Waals surface area contributed by atoms with Gasteiger partial charge in [-0.25, -0.2) is 4.57 Å². The minimum atomic E-state index is -0.0656. The Bertz CT molecular complexity index is 567. The molecule has 4 heteroatoms. The first-order valence-electron chi connectivity index (χ1n) is 5.48.